The first-order valence-corrected chi connectivity index (χ1v) is 10.9. The van der Waals surface area contributed by atoms with Crippen LogP contribution in [0.5, 0.6) is 5.75 Å². The molecular formula is C18H31N4O4P. The van der Waals surface area contributed by atoms with E-state index in [1.807, 2.05) is 46.3 Å². The maximum atomic E-state index is 11.9. The van der Waals surface area contributed by atoms with Crippen LogP contribution < -0.4 is 15.4 Å². The molecule has 0 aliphatic carbocycles. The van der Waals surface area contributed by atoms with Gasteiger partial charge in [0.15, 0.2) is 0 Å². The molecule has 9 heteroatoms. The number of imidazole rings is 1. The minimum atomic E-state index is -3.82. The number of hydrogen-bond donors (Lipinski definition) is 1. The number of rotatable bonds is 11. The highest BCUT2D eigenvalue weighted by Crippen LogP contribution is 2.37. The molecule has 27 heavy (non-hydrogen) atoms. The minimum Gasteiger partial charge on any atom is -0.778 e. The van der Waals surface area contributed by atoms with Crippen molar-refractivity contribution in [3.8, 4) is 5.75 Å². The summed E-state index contributed by atoms with van der Waals surface area (Å²) < 4.78 is 25.4. The number of nitrogens with zero attached hydrogens (tertiary/aromatic N) is 3. The second-order valence-electron chi connectivity index (χ2n) is 7.51. The van der Waals surface area contributed by atoms with Gasteiger partial charge in [-0.15, -0.1) is 0 Å². The largest absolute Gasteiger partial charge is 0.778 e. The summed E-state index contributed by atoms with van der Waals surface area (Å²) in [4.78, 5) is 16.4. The van der Waals surface area contributed by atoms with Crippen LogP contribution in [0.25, 0.3) is 11.0 Å². The molecule has 0 amide bonds. The van der Waals surface area contributed by atoms with Gasteiger partial charge in [-0.3, -0.25) is 0 Å². The lowest BCUT2D eigenvalue weighted by molar-refractivity contribution is -0.870. The van der Waals surface area contributed by atoms with Crippen molar-refractivity contribution >= 4 is 18.6 Å². The van der Waals surface area contributed by atoms with Crippen molar-refractivity contribution < 1.29 is 23.2 Å². The highest BCUT2D eigenvalue weighted by molar-refractivity contribution is 7.51. The zero-order chi connectivity index (χ0) is 20.1. The van der Waals surface area contributed by atoms with E-state index in [1.165, 1.54) is 0 Å². The molecule has 0 radical (unpaired) electrons. The summed E-state index contributed by atoms with van der Waals surface area (Å²) in [6, 6.07) is 5.64. The molecule has 152 valence electrons. The summed E-state index contributed by atoms with van der Waals surface area (Å²) in [6.45, 7) is 4.34. The topological polar surface area (TPSA) is 102 Å². The Hall–Kier alpha value is -1.44. The van der Waals surface area contributed by atoms with E-state index in [9.17, 15) is 9.46 Å². The number of benzene rings is 1. The maximum absolute atomic E-state index is 11.9. The van der Waals surface area contributed by atoms with Crippen LogP contribution in [0.2, 0.25) is 0 Å². The van der Waals surface area contributed by atoms with E-state index in [4.69, 9.17) is 15.0 Å². The molecule has 1 aromatic carbocycles. The molecule has 0 saturated carbocycles. The van der Waals surface area contributed by atoms with Crippen molar-refractivity contribution in [3.63, 3.8) is 0 Å². The van der Waals surface area contributed by atoms with Gasteiger partial charge in [-0.1, -0.05) is 0 Å². The molecule has 2 aromatic rings. The predicted molar refractivity (Wildman–Crippen MR) is 105 cm³/mol. The Labute approximate surface area is 161 Å². The molecule has 0 aliphatic rings. The number of ether oxygens (including phenoxy) is 1. The van der Waals surface area contributed by atoms with Crippen molar-refractivity contribution in [1.29, 1.82) is 0 Å². The van der Waals surface area contributed by atoms with Crippen molar-refractivity contribution in [2.24, 2.45) is 5.73 Å². The first-order valence-electron chi connectivity index (χ1n) is 9.22. The fourth-order valence-corrected chi connectivity index (χ4v) is 3.72. The minimum absolute atomic E-state index is 0.0311. The van der Waals surface area contributed by atoms with Gasteiger partial charge in [0.1, 0.15) is 32.3 Å². The van der Waals surface area contributed by atoms with Crippen LogP contribution in [0.1, 0.15) is 19.2 Å². The third-order valence-corrected chi connectivity index (χ3v) is 5.63. The second kappa shape index (κ2) is 9.17. The van der Waals surface area contributed by atoms with Gasteiger partial charge in [0, 0.05) is 18.8 Å². The SMILES string of the molecule is CCn1c(CN)nc2ccc(OCCCP(=O)([O-])OCC[N+](C)(C)C)cc21. The van der Waals surface area contributed by atoms with E-state index < -0.39 is 7.60 Å². The van der Waals surface area contributed by atoms with Gasteiger partial charge in [-0.05, 0) is 25.5 Å². The molecule has 0 fully saturated rings. The van der Waals surface area contributed by atoms with Crippen molar-refractivity contribution in [2.45, 2.75) is 26.4 Å². The first-order chi connectivity index (χ1) is 12.6. The molecule has 8 nitrogen and oxygen atoms in total. The Bertz CT molecular complexity index is 800. The Morgan fingerprint density at radius 3 is 2.67 bits per heavy atom. The van der Waals surface area contributed by atoms with E-state index in [-0.39, 0.29) is 12.8 Å². The summed E-state index contributed by atoms with van der Waals surface area (Å²) in [5, 5.41) is 0. The van der Waals surface area contributed by atoms with Gasteiger partial charge >= 0.3 is 0 Å². The van der Waals surface area contributed by atoms with Gasteiger partial charge in [0.2, 0.25) is 0 Å². The van der Waals surface area contributed by atoms with Crippen LogP contribution in [0.15, 0.2) is 18.2 Å². The molecule has 0 saturated heterocycles. The number of fused-ring (bicyclic) bond motifs is 1. The molecule has 2 N–H and O–H groups in total. The maximum Gasteiger partial charge on any atom is 0.135 e. The Balaban J connectivity index is 1.85. The zero-order valence-corrected chi connectivity index (χ0v) is 17.6. The standard InChI is InChI=1S/C18H31N4O4P/c1-5-21-17-13-15(7-8-16(17)20-18(21)14-19)25-10-6-12-27(23,24)26-11-9-22(2,3)4/h7-8,13H,5-6,9-12,14,19H2,1-4H3. The van der Waals surface area contributed by atoms with Crippen molar-refractivity contribution in [1.82, 2.24) is 9.55 Å². The number of likely N-dealkylation sites (N-methyl/N-ethyl adjacent to an activating group) is 1. The van der Waals surface area contributed by atoms with E-state index >= 15 is 0 Å². The number of nitrogens with two attached hydrogens (primary N) is 1. The molecule has 1 atom stereocenters. The number of aryl methyl sites for hydroxylation is 1. The van der Waals surface area contributed by atoms with Gasteiger partial charge in [-0.2, -0.15) is 0 Å². The molecule has 0 spiro atoms. The average molecular weight is 398 g/mol. The highest BCUT2D eigenvalue weighted by Gasteiger charge is 2.13. The summed E-state index contributed by atoms with van der Waals surface area (Å²) in [5.74, 6) is 1.52. The quantitative estimate of drug-likeness (QED) is 0.350. The van der Waals surface area contributed by atoms with Gasteiger partial charge in [0.05, 0.1) is 45.3 Å². The second-order valence-corrected chi connectivity index (χ2v) is 9.44. The van der Waals surface area contributed by atoms with E-state index in [2.05, 4.69) is 9.55 Å². The van der Waals surface area contributed by atoms with E-state index in [0.717, 1.165) is 23.4 Å². The van der Waals surface area contributed by atoms with E-state index in [0.29, 0.717) is 36.3 Å². The monoisotopic (exact) mass is 398 g/mol. The van der Waals surface area contributed by atoms with Crippen LogP contribution in [0, 0.1) is 0 Å². The van der Waals surface area contributed by atoms with Crippen LogP contribution in [0.4, 0.5) is 0 Å². The normalized spacial score (nSPS) is 14.4. The fourth-order valence-electron chi connectivity index (χ4n) is 2.72. The molecule has 1 aromatic heterocycles. The fraction of sp³-hybridized carbons (Fsp3) is 0.611. The van der Waals surface area contributed by atoms with Crippen LogP contribution >= 0.6 is 7.60 Å². The van der Waals surface area contributed by atoms with Crippen LogP contribution in [-0.2, 0) is 22.2 Å². The lowest BCUT2D eigenvalue weighted by Crippen LogP contribution is -2.37. The van der Waals surface area contributed by atoms with Crippen LogP contribution in [0.3, 0.4) is 0 Å². The average Bonchev–Trinajstić information content (AvgIpc) is 2.94. The first kappa shape index (κ1) is 21.9. The third-order valence-electron chi connectivity index (χ3n) is 4.19. The van der Waals surface area contributed by atoms with E-state index in [1.54, 1.807) is 0 Å². The molecule has 1 unspecified atom stereocenters. The third kappa shape index (κ3) is 6.59. The lowest BCUT2D eigenvalue weighted by atomic mass is 10.3. The predicted octanol–water partition coefficient (Wildman–Crippen LogP) is 1.56. The molecule has 1 heterocycles. The van der Waals surface area contributed by atoms with Crippen LogP contribution in [-0.4, -0.2) is 61.1 Å². The summed E-state index contributed by atoms with van der Waals surface area (Å²) in [5.41, 5.74) is 7.58. The number of aromatic nitrogens is 2. The molecule has 0 aliphatic heterocycles. The summed E-state index contributed by atoms with van der Waals surface area (Å²) in [7, 11) is 2.15. The van der Waals surface area contributed by atoms with Gasteiger partial charge < -0.3 is 33.5 Å². The molecule has 0 bridgehead atoms. The molecular weight excluding hydrogens is 367 g/mol. The van der Waals surface area contributed by atoms with Gasteiger partial charge in [-0.25, -0.2) is 4.98 Å². The number of hydrogen-bond acceptors (Lipinski definition) is 6. The molecule has 2 rings (SSSR count). The van der Waals surface area contributed by atoms with Crippen molar-refractivity contribution in [2.75, 3.05) is 47.1 Å². The summed E-state index contributed by atoms with van der Waals surface area (Å²) in [6.07, 6.45) is 0.348. The zero-order valence-electron chi connectivity index (χ0n) is 16.7. The smallest absolute Gasteiger partial charge is 0.135 e. The Morgan fingerprint density at radius 2 is 2.04 bits per heavy atom. The summed E-state index contributed by atoms with van der Waals surface area (Å²) >= 11 is 0. The van der Waals surface area contributed by atoms with Crippen molar-refractivity contribution in [3.05, 3.63) is 24.0 Å². The highest BCUT2D eigenvalue weighted by atomic mass is 31.2. The van der Waals surface area contributed by atoms with Gasteiger partial charge in [0.25, 0.3) is 0 Å². The Kier molecular flexibility index (Phi) is 7.42. The lowest BCUT2D eigenvalue weighted by Gasteiger charge is -2.27. The number of quaternary nitrogens is 1. The Morgan fingerprint density at radius 1 is 1.30 bits per heavy atom.